The number of halogens is 2. The molecule has 1 aromatic rings. The van der Waals surface area contributed by atoms with Crippen LogP contribution in [0.3, 0.4) is 0 Å². The zero-order chi connectivity index (χ0) is 11.7. The van der Waals surface area contributed by atoms with E-state index in [1.807, 2.05) is 0 Å². The lowest BCUT2D eigenvalue weighted by Crippen LogP contribution is -2.26. The number of hydrogen-bond donors (Lipinski definition) is 0. The Hall–Kier alpha value is 0.680. The average molecular weight is 440 g/mol. The maximum Gasteiger partial charge on any atom is 0.0182 e. The van der Waals surface area contributed by atoms with Crippen LogP contribution in [0.2, 0.25) is 0 Å². The minimum Gasteiger partial charge on any atom is -0.0820 e. The minimum absolute atomic E-state index is 0.716. The summed E-state index contributed by atoms with van der Waals surface area (Å²) in [7, 11) is 0. The minimum atomic E-state index is 0.716. The third-order valence-corrected chi connectivity index (χ3v) is 7.07. The second-order valence-corrected chi connectivity index (χ2v) is 7.90. The monoisotopic (exact) mass is 440 g/mol. The van der Waals surface area contributed by atoms with Crippen LogP contribution in [0.1, 0.15) is 49.7 Å². The zero-order valence-corrected chi connectivity index (χ0v) is 14.1. The van der Waals surface area contributed by atoms with Gasteiger partial charge in [0.2, 0.25) is 0 Å². The van der Waals surface area contributed by atoms with E-state index in [0.29, 0.717) is 5.92 Å². The van der Waals surface area contributed by atoms with Gasteiger partial charge < -0.3 is 0 Å². The molecule has 0 aromatic heterocycles. The molecule has 0 N–H and O–H groups in total. The van der Waals surface area contributed by atoms with Gasteiger partial charge in [-0.05, 0) is 35.8 Å². The second kappa shape index (κ2) is 5.55. The predicted octanol–water partition coefficient (Wildman–Crippen LogP) is 5.29. The van der Waals surface area contributed by atoms with E-state index in [4.69, 9.17) is 0 Å². The maximum atomic E-state index is 2.64. The Kier molecular flexibility index (Phi) is 4.55. The molecule has 0 spiro atoms. The van der Waals surface area contributed by atoms with Gasteiger partial charge in [0.05, 0.1) is 0 Å². The van der Waals surface area contributed by atoms with E-state index < -0.39 is 0 Å². The van der Waals surface area contributed by atoms with Gasteiger partial charge in [0.25, 0.3) is 0 Å². The molecule has 4 atom stereocenters. The summed E-state index contributed by atoms with van der Waals surface area (Å²) in [5.41, 5.74) is 3.21. The summed E-state index contributed by atoms with van der Waals surface area (Å²) in [5.74, 6) is 1.48. The van der Waals surface area contributed by atoms with Crippen molar-refractivity contribution in [3.05, 3.63) is 35.4 Å². The normalized spacial score (nSPS) is 30.9. The van der Waals surface area contributed by atoms with Crippen molar-refractivity contribution >= 4 is 45.2 Å². The summed E-state index contributed by atoms with van der Waals surface area (Å²) >= 11 is 5.28. The fourth-order valence-electron chi connectivity index (χ4n) is 2.66. The fourth-order valence-corrected chi connectivity index (χ4v) is 4.28. The van der Waals surface area contributed by atoms with Gasteiger partial charge in [-0.2, -0.15) is 0 Å². The van der Waals surface area contributed by atoms with Crippen LogP contribution in [-0.4, -0.2) is 7.85 Å². The number of rotatable bonds is 2. The van der Waals surface area contributed by atoms with Crippen molar-refractivity contribution in [1.29, 1.82) is 0 Å². The molecule has 0 aliphatic heterocycles. The lowest BCUT2D eigenvalue weighted by Gasteiger charge is -2.36. The van der Waals surface area contributed by atoms with Crippen molar-refractivity contribution in [2.45, 2.75) is 46.4 Å². The molecule has 0 amide bonds. The van der Waals surface area contributed by atoms with Gasteiger partial charge in [0.15, 0.2) is 0 Å². The number of alkyl halides is 2. The molecular formula is C14H18I2. The first-order chi connectivity index (χ1) is 7.65. The van der Waals surface area contributed by atoms with E-state index in [0.717, 1.165) is 13.8 Å². The lowest BCUT2D eigenvalue weighted by molar-refractivity contribution is 0.515. The molecule has 0 nitrogen and oxygen atoms in total. The molecule has 0 heterocycles. The van der Waals surface area contributed by atoms with Crippen LogP contribution in [0.15, 0.2) is 24.3 Å². The Labute approximate surface area is 126 Å². The summed E-state index contributed by atoms with van der Waals surface area (Å²) in [6.45, 7) is 4.68. The van der Waals surface area contributed by atoms with E-state index >= 15 is 0 Å². The highest BCUT2D eigenvalue weighted by molar-refractivity contribution is 14.1. The van der Waals surface area contributed by atoms with Gasteiger partial charge >= 0.3 is 0 Å². The molecule has 0 saturated carbocycles. The van der Waals surface area contributed by atoms with E-state index in [1.165, 1.54) is 12.8 Å². The van der Waals surface area contributed by atoms with Gasteiger partial charge in [-0.3, -0.25) is 0 Å². The number of benzene rings is 1. The molecule has 2 rings (SSSR count). The molecule has 16 heavy (non-hydrogen) atoms. The Bertz CT molecular complexity index is 362. The topological polar surface area (TPSA) is 0 Å². The molecule has 2 heteroatoms. The van der Waals surface area contributed by atoms with Crippen LogP contribution in [0.25, 0.3) is 0 Å². The molecule has 1 aliphatic carbocycles. The molecular weight excluding hydrogens is 422 g/mol. The molecule has 1 aromatic carbocycles. The molecule has 0 fully saturated rings. The summed E-state index contributed by atoms with van der Waals surface area (Å²) in [6.07, 6.45) is 2.62. The summed E-state index contributed by atoms with van der Waals surface area (Å²) in [6, 6.07) is 9.07. The highest BCUT2D eigenvalue weighted by Gasteiger charge is 2.33. The first kappa shape index (κ1) is 13.1. The first-order valence-electron chi connectivity index (χ1n) is 6.02. The number of hydrogen-bond acceptors (Lipinski definition) is 0. The third-order valence-electron chi connectivity index (χ3n) is 3.73. The largest absolute Gasteiger partial charge is 0.0820 e. The van der Waals surface area contributed by atoms with Crippen LogP contribution < -0.4 is 0 Å². The molecule has 4 unspecified atom stereocenters. The molecule has 1 aliphatic rings. The van der Waals surface area contributed by atoms with E-state index in [2.05, 4.69) is 83.3 Å². The van der Waals surface area contributed by atoms with Gasteiger partial charge in [-0.25, -0.2) is 0 Å². The highest BCUT2D eigenvalue weighted by atomic mass is 127. The van der Waals surface area contributed by atoms with Gasteiger partial charge in [-0.1, -0.05) is 83.3 Å². The van der Waals surface area contributed by atoms with Crippen molar-refractivity contribution in [3.8, 4) is 0 Å². The lowest BCUT2D eigenvalue weighted by atomic mass is 9.76. The van der Waals surface area contributed by atoms with Gasteiger partial charge in [-0.15, -0.1) is 0 Å². The Morgan fingerprint density at radius 3 is 2.56 bits per heavy atom. The van der Waals surface area contributed by atoms with Gasteiger partial charge in [0.1, 0.15) is 0 Å². The fraction of sp³-hybridized carbons (Fsp3) is 0.571. The second-order valence-electron chi connectivity index (χ2n) is 4.70. The SMILES string of the molecule is CCC(I)C1CC(I)C(C)c2ccccc21. The first-order valence-corrected chi connectivity index (χ1v) is 8.51. The van der Waals surface area contributed by atoms with Crippen molar-refractivity contribution in [2.24, 2.45) is 0 Å². The predicted molar refractivity (Wildman–Crippen MR) is 88.1 cm³/mol. The van der Waals surface area contributed by atoms with Crippen molar-refractivity contribution < 1.29 is 0 Å². The van der Waals surface area contributed by atoms with Crippen LogP contribution in [0.5, 0.6) is 0 Å². The van der Waals surface area contributed by atoms with Gasteiger partial charge in [0, 0.05) is 7.85 Å². The smallest absolute Gasteiger partial charge is 0.0182 e. The standard InChI is InChI=1S/C14H18I2/c1-3-13(15)12-8-14(16)9(2)10-6-4-5-7-11(10)12/h4-7,9,12-14H,3,8H2,1-2H3. The Balaban J connectivity index is 2.40. The van der Waals surface area contributed by atoms with Crippen LogP contribution in [-0.2, 0) is 0 Å². The van der Waals surface area contributed by atoms with E-state index in [9.17, 15) is 0 Å². The summed E-state index contributed by atoms with van der Waals surface area (Å²) in [5, 5.41) is 0. The maximum absolute atomic E-state index is 2.64. The molecule has 0 saturated heterocycles. The molecule has 0 radical (unpaired) electrons. The van der Waals surface area contributed by atoms with E-state index in [1.54, 1.807) is 11.1 Å². The quantitative estimate of drug-likeness (QED) is 0.433. The van der Waals surface area contributed by atoms with Crippen LogP contribution in [0.4, 0.5) is 0 Å². The highest BCUT2D eigenvalue weighted by Crippen LogP contribution is 2.45. The third kappa shape index (κ3) is 2.42. The number of fused-ring (bicyclic) bond motifs is 1. The van der Waals surface area contributed by atoms with Crippen LogP contribution in [0, 0.1) is 0 Å². The molecule has 88 valence electrons. The van der Waals surface area contributed by atoms with Crippen molar-refractivity contribution in [1.82, 2.24) is 0 Å². The summed E-state index contributed by atoms with van der Waals surface area (Å²) in [4.78, 5) is 0. The average Bonchev–Trinajstić information content (AvgIpc) is 2.33. The van der Waals surface area contributed by atoms with Crippen molar-refractivity contribution in [3.63, 3.8) is 0 Å². The Morgan fingerprint density at radius 1 is 1.31 bits per heavy atom. The van der Waals surface area contributed by atoms with Crippen LogP contribution >= 0.6 is 45.2 Å². The van der Waals surface area contributed by atoms with Crippen molar-refractivity contribution in [2.75, 3.05) is 0 Å². The molecule has 0 bridgehead atoms. The summed E-state index contributed by atoms with van der Waals surface area (Å²) < 4.78 is 1.57. The zero-order valence-electron chi connectivity index (χ0n) is 9.79. The Morgan fingerprint density at radius 2 is 1.94 bits per heavy atom. The van der Waals surface area contributed by atoms with E-state index in [-0.39, 0.29) is 0 Å².